The van der Waals surface area contributed by atoms with Crippen LogP contribution in [0.3, 0.4) is 0 Å². The number of amides is 2. The van der Waals surface area contributed by atoms with Gasteiger partial charge in [-0.3, -0.25) is 9.59 Å². The van der Waals surface area contributed by atoms with E-state index in [-0.39, 0.29) is 11.6 Å². The molecule has 0 fully saturated rings. The molecule has 3 rings (SSSR count). The number of hydrogen-bond acceptors (Lipinski definition) is 4. The van der Waals surface area contributed by atoms with Gasteiger partial charge in [-0.2, -0.15) is 0 Å². The van der Waals surface area contributed by atoms with Gasteiger partial charge in [-0.1, -0.05) is 18.2 Å². The minimum atomic E-state index is -0.424. The molecule has 0 unspecified atom stereocenters. The predicted octanol–water partition coefficient (Wildman–Crippen LogP) is 4.06. The highest BCUT2D eigenvalue weighted by atomic mass is 32.1. The van der Waals surface area contributed by atoms with E-state index in [4.69, 9.17) is 4.42 Å². The van der Waals surface area contributed by atoms with Gasteiger partial charge in [0.2, 0.25) is 0 Å². The van der Waals surface area contributed by atoms with Crippen LogP contribution in [0, 0.1) is 6.92 Å². The molecule has 1 aromatic carbocycles. The van der Waals surface area contributed by atoms with Gasteiger partial charge in [0, 0.05) is 11.8 Å². The second-order valence-corrected chi connectivity index (χ2v) is 6.28. The maximum atomic E-state index is 12.6. The Morgan fingerprint density at radius 2 is 2.00 bits per heavy atom. The van der Waals surface area contributed by atoms with E-state index in [2.05, 4.69) is 10.6 Å². The van der Waals surface area contributed by atoms with Crippen LogP contribution in [0.1, 0.15) is 21.0 Å². The van der Waals surface area contributed by atoms with Gasteiger partial charge in [0.1, 0.15) is 11.5 Å². The Morgan fingerprint density at radius 1 is 1.12 bits per heavy atom. The summed E-state index contributed by atoms with van der Waals surface area (Å²) in [6.45, 7) is 1.94. The van der Waals surface area contributed by atoms with Crippen molar-refractivity contribution >= 4 is 34.9 Å². The summed E-state index contributed by atoms with van der Waals surface area (Å²) in [6.07, 6.45) is 3.00. The summed E-state index contributed by atoms with van der Waals surface area (Å²) >= 11 is 1.30. The van der Waals surface area contributed by atoms with Crippen LogP contribution in [0.15, 0.2) is 70.3 Å². The lowest BCUT2D eigenvalue weighted by Crippen LogP contribution is -2.30. The highest BCUT2D eigenvalue weighted by Crippen LogP contribution is 2.14. The fourth-order valence-corrected chi connectivity index (χ4v) is 2.81. The molecule has 2 heterocycles. The van der Waals surface area contributed by atoms with Crippen LogP contribution >= 0.6 is 11.3 Å². The standard InChI is InChI=1S/C19H16N2O3S/c1-13-5-2-6-14(11-13)20-18(22)16(12-15-7-3-9-24-15)21-19(23)17-8-4-10-25-17/h2-12H,1H3,(H,20,22)(H,21,23)/b16-12-. The molecule has 0 atom stereocenters. The van der Waals surface area contributed by atoms with E-state index in [1.54, 1.807) is 35.7 Å². The third-order valence-electron chi connectivity index (χ3n) is 3.34. The average Bonchev–Trinajstić information content (AvgIpc) is 3.28. The van der Waals surface area contributed by atoms with Gasteiger partial charge in [0.15, 0.2) is 0 Å². The van der Waals surface area contributed by atoms with E-state index in [9.17, 15) is 9.59 Å². The summed E-state index contributed by atoms with van der Waals surface area (Å²) in [7, 11) is 0. The van der Waals surface area contributed by atoms with Gasteiger partial charge in [-0.25, -0.2) is 0 Å². The Bertz CT molecular complexity index is 897. The summed E-state index contributed by atoms with van der Waals surface area (Å²) in [5.74, 6) is -0.292. The summed E-state index contributed by atoms with van der Waals surface area (Å²) < 4.78 is 5.25. The maximum Gasteiger partial charge on any atom is 0.272 e. The summed E-state index contributed by atoms with van der Waals surface area (Å²) in [5, 5.41) is 7.24. The van der Waals surface area contributed by atoms with Crippen LogP contribution in [0.5, 0.6) is 0 Å². The van der Waals surface area contributed by atoms with E-state index >= 15 is 0 Å². The number of aryl methyl sites for hydroxylation is 1. The number of carbonyl (C=O) groups is 2. The molecule has 5 nitrogen and oxygen atoms in total. The first-order valence-electron chi connectivity index (χ1n) is 7.60. The largest absolute Gasteiger partial charge is 0.465 e. The normalized spacial score (nSPS) is 11.2. The topological polar surface area (TPSA) is 71.3 Å². The highest BCUT2D eigenvalue weighted by Gasteiger charge is 2.16. The SMILES string of the molecule is Cc1cccc(NC(=O)/C(=C/c2ccco2)NC(=O)c2cccs2)c1. The van der Waals surface area contributed by atoms with Crippen molar-refractivity contribution in [2.24, 2.45) is 0 Å². The monoisotopic (exact) mass is 352 g/mol. The number of nitrogens with one attached hydrogen (secondary N) is 2. The second-order valence-electron chi connectivity index (χ2n) is 5.33. The molecule has 0 aliphatic heterocycles. The Kier molecular flexibility index (Phi) is 5.11. The van der Waals surface area contributed by atoms with Crippen LogP contribution in [-0.4, -0.2) is 11.8 Å². The predicted molar refractivity (Wildman–Crippen MR) is 98.3 cm³/mol. The third kappa shape index (κ3) is 4.45. The van der Waals surface area contributed by atoms with E-state index in [1.807, 2.05) is 25.1 Å². The zero-order chi connectivity index (χ0) is 17.6. The van der Waals surface area contributed by atoms with E-state index in [0.717, 1.165) is 5.56 Å². The van der Waals surface area contributed by atoms with Crippen molar-refractivity contribution < 1.29 is 14.0 Å². The number of anilines is 1. The Balaban J connectivity index is 1.83. The summed E-state index contributed by atoms with van der Waals surface area (Å²) in [4.78, 5) is 25.4. The second kappa shape index (κ2) is 7.63. The van der Waals surface area contributed by atoms with Gasteiger partial charge in [0.25, 0.3) is 11.8 Å². The Morgan fingerprint density at radius 3 is 2.68 bits per heavy atom. The molecule has 0 bridgehead atoms. The van der Waals surface area contributed by atoms with Crippen LogP contribution in [-0.2, 0) is 4.79 Å². The zero-order valence-corrected chi connectivity index (χ0v) is 14.3. The number of benzene rings is 1. The fraction of sp³-hybridized carbons (Fsp3) is 0.0526. The van der Waals surface area contributed by atoms with Crippen molar-refractivity contribution in [3.63, 3.8) is 0 Å². The molecule has 0 aliphatic carbocycles. The van der Waals surface area contributed by atoms with Crippen molar-refractivity contribution in [2.45, 2.75) is 6.92 Å². The smallest absolute Gasteiger partial charge is 0.272 e. The zero-order valence-electron chi connectivity index (χ0n) is 13.5. The number of hydrogen-bond donors (Lipinski definition) is 2. The van der Waals surface area contributed by atoms with Crippen LogP contribution < -0.4 is 10.6 Å². The molecule has 2 N–H and O–H groups in total. The molecule has 25 heavy (non-hydrogen) atoms. The van der Waals surface area contributed by atoms with E-state index < -0.39 is 5.91 Å². The third-order valence-corrected chi connectivity index (χ3v) is 4.21. The van der Waals surface area contributed by atoms with Crippen LogP contribution in [0.2, 0.25) is 0 Å². The minimum absolute atomic E-state index is 0.106. The molecular formula is C19H16N2O3S. The van der Waals surface area contributed by atoms with E-state index in [0.29, 0.717) is 16.3 Å². The fourth-order valence-electron chi connectivity index (χ4n) is 2.19. The van der Waals surface area contributed by atoms with Gasteiger partial charge < -0.3 is 15.1 Å². The van der Waals surface area contributed by atoms with Gasteiger partial charge in [-0.05, 0) is 48.2 Å². The first-order chi connectivity index (χ1) is 12.1. The molecule has 0 spiro atoms. The van der Waals surface area contributed by atoms with Crippen molar-refractivity contribution in [3.8, 4) is 0 Å². The molecule has 2 aromatic heterocycles. The molecule has 3 aromatic rings. The van der Waals surface area contributed by atoms with Crippen molar-refractivity contribution in [2.75, 3.05) is 5.32 Å². The molecule has 2 amide bonds. The number of furan rings is 1. The molecule has 0 saturated carbocycles. The van der Waals surface area contributed by atoms with Crippen molar-refractivity contribution in [1.29, 1.82) is 0 Å². The molecule has 0 saturated heterocycles. The quantitative estimate of drug-likeness (QED) is 0.680. The van der Waals surface area contributed by atoms with Gasteiger partial charge in [0.05, 0.1) is 11.1 Å². The molecule has 126 valence electrons. The average molecular weight is 352 g/mol. The number of rotatable bonds is 5. The minimum Gasteiger partial charge on any atom is -0.465 e. The number of carbonyl (C=O) groups excluding carboxylic acids is 2. The molecule has 6 heteroatoms. The Labute approximate surface area is 149 Å². The lowest BCUT2D eigenvalue weighted by molar-refractivity contribution is -0.113. The van der Waals surface area contributed by atoms with Crippen molar-refractivity contribution in [3.05, 3.63) is 82.1 Å². The highest BCUT2D eigenvalue weighted by molar-refractivity contribution is 7.12. The van der Waals surface area contributed by atoms with E-state index in [1.165, 1.54) is 23.7 Å². The molecule has 0 aliphatic rings. The summed E-state index contributed by atoms with van der Waals surface area (Å²) in [6, 6.07) is 14.3. The van der Waals surface area contributed by atoms with Gasteiger partial charge >= 0.3 is 0 Å². The first kappa shape index (κ1) is 16.7. The van der Waals surface area contributed by atoms with Gasteiger partial charge in [-0.15, -0.1) is 11.3 Å². The maximum absolute atomic E-state index is 12.6. The van der Waals surface area contributed by atoms with Crippen LogP contribution in [0.25, 0.3) is 6.08 Å². The van der Waals surface area contributed by atoms with Crippen molar-refractivity contribution in [1.82, 2.24) is 5.32 Å². The molecular weight excluding hydrogens is 336 g/mol. The summed E-state index contributed by atoms with van der Waals surface area (Å²) in [5.41, 5.74) is 1.78. The Hall–Kier alpha value is -3.12. The lowest BCUT2D eigenvalue weighted by atomic mass is 10.2. The molecule has 0 radical (unpaired) electrons. The van der Waals surface area contributed by atoms with Crippen LogP contribution in [0.4, 0.5) is 5.69 Å². The first-order valence-corrected chi connectivity index (χ1v) is 8.48. The number of thiophene rings is 1. The lowest BCUT2D eigenvalue weighted by Gasteiger charge is -2.10.